The third-order valence-electron chi connectivity index (χ3n) is 7.77. The summed E-state index contributed by atoms with van der Waals surface area (Å²) in [7, 11) is 0. The number of hydrogen-bond donors (Lipinski definition) is 2. The Bertz CT molecular complexity index is 825. The van der Waals surface area contributed by atoms with Crippen LogP contribution in [0, 0.1) is 11.8 Å². The molecule has 234 valence electrons. The standard InChI is InChI=1S/C35H60N2O4/c1-6-7-8-9-10-11-12-13-14-15-16-17-18-19-23-26-31(38)32(28(2)3)36-34(39)33(29(4)5)37-35(40)41-27-30-24-21-20-22-25-30/h20-22,24-25,28-29,32-33H,6-19,23,26-27H2,1-5H3,(H,36,39)(H,37,40). The molecule has 41 heavy (non-hydrogen) atoms. The van der Waals surface area contributed by atoms with Gasteiger partial charge in [0.2, 0.25) is 5.91 Å². The quantitative estimate of drug-likeness (QED) is 0.121. The normalized spacial score (nSPS) is 12.8. The maximum Gasteiger partial charge on any atom is 0.408 e. The summed E-state index contributed by atoms with van der Waals surface area (Å²) in [5.41, 5.74) is 0.873. The lowest BCUT2D eigenvalue weighted by molar-refractivity contribution is -0.130. The Morgan fingerprint density at radius 3 is 1.56 bits per heavy atom. The average Bonchev–Trinajstić information content (AvgIpc) is 2.95. The number of alkyl carbamates (subject to hydrolysis) is 1. The maximum absolute atomic E-state index is 13.1. The van der Waals surface area contributed by atoms with Crippen LogP contribution in [0.5, 0.6) is 0 Å². The summed E-state index contributed by atoms with van der Waals surface area (Å²) in [5.74, 6) is -0.462. The van der Waals surface area contributed by atoms with Crippen molar-refractivity contribution in [1.82, 2.24) is 10.6 Å². The first-order valence-corrected chi connectivity index (χ1v) is 16.6. The van der Waals surface area contributed by atoms with Gasteiger partial charge in [-0.05, 0) is 23.8 Å². The summed E-state index contributed by atoms with van der Waals surface area (Å²) < 4.78 is 5.30. The first-order valence-electron chi connectivity index (χ1n) is 16.6. The molecule has 0 fully saturated rings. The van der Waals surface area contributed by atoms with Gasteiger partial charge in [-0.25, -0.2) is 4.79 Å². The number of carbonyl (C=O) groups excluding carboxylic acids is 3. The molecule has 0 bridgehead atoms. The van der Waals surface area contributed by atoms with Gasteiger partial charge in [-0.15, -0.1) is 0 Å². The summed E-state index contributed by atoms with van der Waals surface area (Å²) in [5, 5.41) is 5.61. The van der Waals surface area contributed by atoms with Crippen molar-refractivity contribution in [2.75, 3.05) is 0 Å². The van der Waals surface area contributed by atoms with Gasteiger partial charge in [0.15, 0.2) is 5.78 Å². The highest BCUT2D eigenvalue weighted by atomic mass is 16.5. The van der Waals surface area contributed by atoms with Crippen molar-refractivity contribution in [3.8, 4) is 0 Å². The molecule has 2 atom stereocenters. The summed E-state index contributed by atoms with van der Waals surface area (Å²) in [6, 6.07) is 8.06. The minimum absolute atomic E-state index is 0.0272. The zero-order chi connectivity index (χ0) is 30.3. The molecule has 0 aliphatic carbocycles. The van der Waals surface area contributed by atoms with E-state index >= 15 is 0 Å². The maximum atomic E-state index is 13.1. The molecule has 0 aromatic heterocycles. The van der Waals surface area contributed by atoms with Crippen molar-refractivity contribution in [2.45, 2.75) is 156 Å². The van der Waals surface area contributed by atoms with E-state index in [1.165, 1.54) is 77.0 Å². The molecule has 2 amide bonds. The smallest absolute Gasteiger partial charge is 0.408 e. The van der Waals surface area contributed by atoms with E-state index in [4.69, 9.17) is 4.74 Å². The second kappa shape index (κ2) is 23.2. The number of carbonyl (C=O) groups is 3. The molecule has 0 saturated heterocycles. The molecule has 0 spiro atoms. The van der Waals surface area contributed by atoms with Crippen LogP contribution in [-0.2, 0) is 20.9 Å². The van der Waals surface area contributed by atoms with E-state index in [-0.39, 0.29) is 30.1 Å². The molecule has 0 aliphatic rings. The first-order chi connectivity index (χ1) is 19.8. The van der Waals surface area contributed by atoms with Crippen molar-refractivity contribution < 1.29 is 19.1 Å². The lowest BCUT2D eigenvalue weighted by Gasteiger charge is -2.26. The van der Waals surface area contributed by atoms with Crippen molar-refractivity contribution in [3.05, 3.63) is 35.9 Å². The number of amides is 2. The van der Waals surface area contributed by atoms with Crippen molar-refractivity contribution in [2.24, 2.45) is 11.8 Å². The van der Waals surface area contributed by atoms with Gasteiger partial charge in [-0.1, -0.05) is 155 Å². The summed E-state index contributed by atoms with van der Waals surface area (Å²) in [6.07, 6.45) is 19.1. The van der Waals surface area contributed by atoms with Gasteiger partial charge in [-0.2, -0.15) is 0 Å². The number of nitrogens with one attached hydrogen (secondary N) is 2. The Hall–Kier alpha value is -2.37. The van der Waals surface area contributed by atoms with Crippen LogP contribution < -0.4 is 10.6 Å². The Balaban J connectivity index is 2.27. The zero-order valence-electron chi connectivity index (χ0n) is 26.8. The Morgan fingerprint density at radius 1 is 0.634 bits per heavy atom. The minimum Gasteiger partial charge on any atom is -0.445 e. The molecule has 1 aromatic rings. The second-order valence-electron chi connectivity index (χ2n) is 12.3. The SMILES string of the molecule is CCCCCCCCCCCCCCCCCC(=O)C(NC(=O)C(NC(=O)OCc1ccccc1)C(C)C)C(C)C. The fourth-order valence-electron chi connectivity index (χ4n) is 5.11. The number of unbranched alkanes of at least 4 members (excludes halogenated alkanes) is 14. The van der Waals surface area contributed by atoms with Crippen LogP contribution in [0.4, 0.5) is 4.79 Å². The number of Topliss-reactive ketones (excluding diaryl/α,β-unsaturated/α-hetero) is 1. The molecular weight excluding hydrogens is 512 g/mol. The van der Waals surface area contributed by atoms with Gasteiger partial charge in [0, 0.05) is 6.42 Å². The molecule has 0 radical (unpaired) electrons. The van der Waals surface area contributed by atoms with Crippen LogP contribution >= 0.6 is 0 Å². The lowest BCUT2D eigenvalue weighted by Crippen LogP contribution is -2.55. The third-order valence-corrected chi connectivity index (χ3v) is 7.77. The van der Waals surface area contributed by atoms with Gasteiger partial charge < -0.3 is 15.4 Å². The van der Waals surface area contributed by atoms with Crippen LogP contribution in [0.1, 0.15) is 143 Å². The molecule has 1 aromatic carbocycles. The molecule has 2 unspecified atom stereocenters. The minimum atomic E-state index is -0.780. The largest absolute Gasteiger partial charge is 0.445 e. The highest BCUT2D eigenvalue weighted by molar-refractivity contribution is 5.92. The molecule has 6 heteroatoms. The fraction of sp³-hybridized carbons (Fsp3) is 0.743. The van der Waals surface area contributed by atoms with Crippen molar-refractivity contribution in [3.63, 3.8) is 0 Å². The van der Waals surface area contributed by atoms with Crippen molar-refractivity contribution >= 4 is 17.8 Å². The number of benzene rings is 1. The van der Waals surface area contributed by atoms with Gasteiger partial charge in [0.05, 0.1) is 6.04 Å². The van der Waals surface area contributed by atoms with E-state index < -0.39 is 18.2 Å². The lowest BCUT2D eigenvalue weighted by atomic mass is 9.94. The summed E-state index contributed by atoms with van der Waals surface area (Å²) in [4.78, 5) is 38.5. The average molecular weight is 573 g/mol. The van der Waals surface area contributed by atoms with E-state index in [1.807, 2.05) is 58.0 Å². The number of ketones is 1. The molecule has 6 nitrogen and oxygen atoms in total. The van der Waals surface area contributed by atoms with Gasteiger partial charge in [0.1, 0.15) is 12.6 Å². The highest BCUT2D eigenvalue weighted by Crippen LogP contribution is 2.15. The molecule has 2 N–H and O–H groups in total. The van der Waals surface area contributed by atoms with E-state index in [2.05, 4.69) is 17.6 Å². The van der Waals surface area contributed by atoms with Crippen LogP contribution in [0.15, 0.2) is 30.3 Å². The molecule has 0 aliphatic heterocycles. The zero-order valence-corrected chi connectivity index (χ0v) is 26.8. The second-order valence-corrected chi connectivity index (χ2v) is 12.3. The molecule has 0 heterocycles. The molecular formula is C35H60N2O4. The first kappa shape index (κ1) is 36.7. The Labute approximate surface area is 251 Å². The van der Waals surface area contributed by atoms with E-state index in [9.17, 15) is 14.4 Å². The summed E-state index contributed by atoms with van der Waals surface area (Å²) in [6.45, 7) is 10.0. The predicted octanol–water partition coefficient (Wildman–Crippen LogP) is 8.91. The van der Waals surface area contributed by atoms with Gasteiger partial charge >= 0.3 is 6.09 Å². The number of hydrogen-bond acceptors (Lipinski definition) is 4. The van der Waals surface area contributed by atoms with Crippen LogP contribution in [-0.4, -0.2) is 29.9 Å². The highest BCUT2D eigenvalue weighted by Gasteiger charge is 2.30. The fourth-order valence-corrected chi connectivity index (χ4v) is 5.11. The summed E-state index contributed by atoms with van der Waals surface area (Å²) >= 11 is 0. The Kier molecular flexibility index (Phi) is 20.8. The van der Waals surface area contributed by atoms with Crippen molar-refractivity contribution in [1.29, 1.82) is 0 Å². The van der Waals surface area contributed by atoms with E-state index in [0.717, 1.165) is 24.8 Å². The van der Waals surface area contributed by atoms with E-state index in [1.54, 1.807) is 0 Å². The topological polar surface area (TPSA) is 84.5 Å². The molecule has 0 saturated carbocycles. The Morgan fingerprint density at radius 2 is 1.10 bits per heavy atom. The predicted molar refractivity (Wildman–Crippen MR) is 170 cm³/mol. The van der Waals surface area contributed by atoms with Gasteiger partial charge in [0.25, 0.3) is 0 Å². The molecule has 1 rings (SSSR count). The number of rotatable bonds is 24. The van der Waals surface area contributed by atoms with Gasteiger partial charge in [-0.3, -0.25) is 9.59 Å². The van der Waals surface area contributed by atoms with Crippen LogP contribution in [0.25, 0.3) is 0 Å². The third kappa shape index (κ3) is 17.9. The van der Waals surface area contributed by atoms with E-state index in [0.29, 0.717) is 6.42 Å². The number of ether oxygens (including phenoxy) is 1. The van der Waals surface area contributed by atoms with Crippen LogP contribution in [0.3, 0.4) is 0 Å². The monoisotopic (exact) mass is 572 g/mol. The van der Waals surface area contributed by atoms with Crippen LogP contribution in [0.2, 0.25) is 0 Å².